The second-order valence-corrected chi connectivity index (χ2v) is 8.66. The van der Waals surface area contributed by atoms with E-state index >= 15 is 0 Å². The molecule has 148 valence electrons. The molecule has 0 saturated heterocycles. The summed E-state index contributed by atoms with van der Waals surface area (Å²) in [5.41, 5.74) is 2.53. The van der Waals surface area contributed by atoms with Gasteiger partial charge in [-0.15, -0.1) is 11.3 Å². The number of H-pyrrole nitrogens is 1. The van der Waals surface area contributed by atoms with E-state index in [1.807, 2.05) is 35.7 Å². The number of aromatic nitrogens is 2. The number of aromatic amines is 1. The van der Waals surface area contributed by atoms with Crippen molar-refractivity contribution in [3.05, 3.63) is 81.5 Å². The Morgan fingerprint density at radius 1 is 0.900 bits per heavy atom. The molecule has 8 heteroatoms. The van der Waals surface area contributed by atoms with E-state index in [0.717, 1.165) is 11.1 Å². The van der Waals surface area contributed by atoms with Crippen LogP contribution in [0.25, 0.3) is 21.3 Å². The molecule has 0 fully saturated rings. The van der Waals surface area contributed by atoms with E-state index in [0.29, 0.717) is 32.3 Å². The van der Waals surface area contributed by atoms with Gasteiger partial charge in [0.15, 0.2) is 5.16 Å². The summed E-state index contributed by atoms with van der Waals surface area (Å²) in [4.78, 5) is 46.9. The molecule has 2 aromatic carbocycles. The first-order valence-electron chi connectivity index (χ1n) is 9.28. The summed E-state index contributed by atoms with van der Waals surface area (Å²) in [6.45, 7) is 0.248. The van der Waals surface area contributed by atoms with Crippen LogP contribution in [-0.2, 0) is 0 Å². The summed E-state index contributed by atoms with van der Waals surface area (Å²) >= 11 is 2.74. The highest BCUT2D eigenvalue weighted by atomic mass is 32.2. The lowest BCUT2D eigenvalue weighted by molar-refractivity contribution is 0.0664. The first-order valence-corrected chi connectivity index (χ1v) is 11.1. The van der Waals surface area contributed by atoms with Crippen molar-refractivity contribution in [1.29, 1.82) is 0 Å². The SMILES string of the molecule is O=C1c2ccccc2C(=O)N1CCSc1nc2scc(-c3ccccc3)c2c(=O)[nH]1. The zero-order chi connectivity index (χ0) is 20.7. The van der Waals surface area contributed by atoms with Crippen LogP contribution in [0.4, 0.5) is 0 Å². The van der Waals surface area contributed by atoms with Gasteiger partial charge in [0.25, 0.3) is 17.4 Å². The number of benzene rings is 2. The van der Waals surface area contributed by atoms with Crippen LogP contribution in [0.15, 0.2) is 69.9 Å². The number of rotatable bonds is 5. The molecule has 0 bridgehead atoms. The van der Waals surface area contributed by atoms with Crippen LogP contribution in [0.1, 0.15) is 20.7 Å². The number of fused-ring (bicyclic) bond motifs is 2. The molecule has 2 aromatic heterocycles. The molecular weight excluding hydrogens is 418 g/mol. The average Bonchev–Trinajstić information content (AvgIpc) is 3.30. The van der Waals surface area contributed by atoms with Crippen molar-refractivity contribution < 1.29 is 9.59 Å². The number of amides is 2. The Morgan fingerprint density at radius 3 is 2.27 bits per heavy atom. The first kappa shape index (κ1) is 18.8. The third kappa shape index (κ3) is 3.14. The van der Waals surface area contributed by atoms with Crippen molar-refractivity contribution in [2.45, 2.75) is 5.16 Å². The summed E-state index contributed by atoms with van der Waals surface area (Å²) in [5, 5.41) is 3.00. The van der Waals surface area contributed by atoms with Gasteiger partial charge in [-0.1, -0.05) is 54.2 Å². The quantitative estimate of drug-likeness (QED) is 0.292. The van der Waals surface area contributed by atoms with Crippen molar-refractivity contribution in [3.8, 4) is 11.1 Å². The highest BCUT2D eigenvalue weighted by molar-refractivity contribution is 7.99. The number of nitrogens with one attached hydrogen (secondary N) is 1. The van der Waals surface area contributed by atoms with Crippen LogP contribution in [-0.4, -0.2) is 39.0 Å². The van der Waals surface area contributed by atoms with Gasteiger partial charge in [0.1, 0.15) is 4.83 Å². The van der Waals surface area contributed by atoms with Gasteiger partial charge in [0, 0.05) is 23.2 Å². The molecule has 0 aliphatic carbocycles. The molecule has 30 heavy (non-hydrogen) atoms. The molecule has 1 N–H and O–H groups in total. The molecule has 5 rings (SSSR count). The summed E-state index contributed by atoms with van der Waals surface area (Å²) in [5.74, 6) is -0.116. The Kier molecular flexibility index (Phi) is 4.72. The fraction of sp³-hybridized carbons (Fsp3) is 0.0909. The van der Waals surface area contributed by atoms with Gasteiger partial charge < -0.3 is 4.98 Å². The molecule has 1 aliphatic rings. The predicted molar refractivity (Wildman–Crippen MR) is 118 cm³/mol. The number of imide groups is 1. The Labute approximate surface area is 179 Å². The third-order valence-corrected chi connectivity index (χ3v) is 6.66. The number of carbonyl (C=O) groups excluding carboxylic acids is 2. The van der Waals surface area contributed by atoms with Gasteiger partial charge >= 0.3 is 0 Å². The maximum atomic E-state index is 12.7. The zero-order valence-corrected chi connectivity index (χ0v) is 17.3. The number of nitrogens with zero attached hydrogens (tertiary/aromatic N) is 2. The molecule has 0 atom stereocenters. The van der Waals surface area contributed by atoms with E-state index in [2.05, 4.69) is 9.97 Å². The second-order valence-electron chi connectivity index (χ2n) is 6.72. The van der Waals surface area contributed by atoms with Crippen molar-refractivity contribution in [2.24, 2.45) is 0 Å². The van der Waals surface area contributed by atoms with Crippen LogP contribution >= 0.6 is 23.1 Å². The van der Waals surface area contributed by atoms with Crippen molar-refractivity contribution in [2.75, 3.05) is 12.3 Å². The molecule has 0 spiro atoms. The van der Waals surface area contributed by atoms with Gasteiger partial charge in [0.05, 0.1) is 16.5 Å². The second kappa shape index (κ2) is 7.55. The number of hydrogen-bond donors (Lipinski definition) is 1. The third-order valence-electron chi connectivity index (χ3n) is 4.94. The fourth-order valence-corrected chi connectivity index (χ4v) is 5.30. The van der Waals surface area contributed by atoms with E-state index < -0.39 is 0 Å². The smallest absolute Gasteiger partial charge is 0.261 e. The minimum Gasteiger partial charge on any atom is -0.301 e. The van der Waals surface area contributed by atoms with E-state index in [1.165, 1.54) is 28.0 Å². The Bertz CT molecular complexity index is 1310. The van der Waals surface area contributed by atoms with Crippen molar-refractivity contribution >= 4 is 45.1 Å². The molecule has 4 aromatic rings. The number of thiophene rings is 1. The largest absolute Gasteiger partial charge is 0.301 e. The van der Waals surface area contributed by atoms with Gasteiger partial charge in [-0.05, 0) is 17.7 Å². The lowest BCUT2D eigenvalue weighted by atomic mass is 10.1. The maximum absolute atomic E-state index is 12.7. The summed E-state index contributed by atoms with van der Waals surface area (Å²) in [6.07, 6.45) is 0. The monoisotopic (exact) mass is 433 g/mol. The van der Waals surface area contributed by atoms with Crippen LogP contribution in [0, 0.1) is 0 Å². The Hall–Kier alpha value is -3.23. The van der Waals surface area contributed by atoms with E-state index in [4.69, 9.17) is 0 Å². The summed E-state index contributed by atoms with van der Waals surface area (Å²) in [7, 11) is 0. The van der Waals surface area contributed by atoms with Crippen LogP contribution in [0.3, 0.4) is 0 Å². The van der Waals surface area contributed by atoms with E-state index in [9.17, 15) is 14.4 Å². The predicted octanol–water partition coefficient (Wildman–Crippen LogP) is 4.04. The topological polar surface area (TPSA) is 83.1 Å². The molecule has 0 saturated carbocycles. The lowest BCUT2D eigenvalue weighted by Crippen LogP contribution is -2.31. The summed E-state index contributed by atoms with van der Waals surface area (Å²) < 4.78 is 0. The summed E-state index contributed by atoms with van der Waals surface area (Å²) in [6, 6.07) is 16.6. The number of thioether (sulfide) groups is 1. The minimum atomic E-state index is -0.279. The highest BCUT2D eigenvalue weighted by Crippen LogP contribution is 2.31. The lowest BCUT2D eigenvalue weighted by Gasteiger charge is -2.12. The number of carbonyl (C=O) groups is 2. The van der Waals surface area contributed by atoms with Gasteiger partial charge in [-0.2, -0.15) is 0 Å². The molecule has 6 nitrogen and oxygen atoms in total. The number of hydrogen-bond acceptors (Lipinski definition) is 6. The van der Waals surface area contributed by atoms with E-state index in [1.54, 1.807) is 24.3 Å². The highest BCUT2D eigenvalue weighted by Gasteiger charge is 2.34. The minimum absolute atomic E-state index is 0.191. The standard InChI is InChI=1S/C22H15N3O3S2/c26-18-17-16(13-6-2-1-3-7-13)12-30-19(17)24-22(23-18)29-11-10-25-20(27)14-8-4-5-9-15(14)21(25)28/h1-9,12H,10-11H2,(H,23,24,26). The van der Waals surface area contributed by atoms with Crippen molar-refractivity contribution in [1.82, 2.24) is 14.9 Å². The molecule has 3 heterocycles. The molecule has 2 amide bonds. The first-order chi connectivity index (χ1) is 14.6. The zero-order valence-electron chi connectivity index (χ0n) is 15.6. The van der Waals surface area contributed by atoms with Gasteiger partial charge in [0.2, 0.25) is 0 Å². The molecular formula is C22H15N3O3S2. The Balaban J connectivity index is 1.33. The van der Waals surface area contributed by atoms with Crippen LogP contribution in [0.5, 0.6) is 0 Å². The van der Waals surface area contributed by atoms with E-state index in [-0.39, 0.29) is 23.9 Å². The normalized spacial score (nSPS) is 13.3. The van der Waals surface area contributed by atoms with Gasteiger partial charge in [-0.3, -0.25) is 19.3 Å². The molecule has 0 unspecified atom stereocenters. The van der Waals surface area contributed by atoms with Crippen LogP contribution in [0.2, 0.25) is 0 Å². The van der Waals surface area contributed by atoms with Crippen LogP contribution < -0.4 is 5.56 Å². The Morgan fingerprint density at radius 2 is 1.57 bits per heavy atom. The van der Waals surface area contributed by atoms with Crippen molar-refractivity contribution in [3.63, 3.8) is 0 Å². The molecule has 0 radical (unpaired) electrons. The maximum Gasteiger partial charge on any atom is 0.261 e. The van der Waals surface area contributed by atoms with Gasteiger partial charge in [-0.25, -0.2) is 4.98 Å². The average molecular weight is 434 g/mol. The molecule has 1 aliphatic heterocycles. The fourth-order valence-electron chi connectivity index (χ4n) is 3.50.